The van der Waals surface area contributed by atoms with E-state index in [2.05, 4.69) is 38.2 Å². The molecule has 0 radical (unpaired) electrons. The fourth-order valence-corrected chi connectivity index (χ4v) is 2.12. The number of rotatable bonds is 5. The van der Waals surface area contributed by atoms with Crippen LogP contribution >= 0.6 is 0 Å². The van der Waals surface area contributed by atoms with Crippen LogP contribution < -0.4 is 5.32 Å². The quantitative estimate of drug-likeness (QED) is 0.810. The second-order valence-corrected chi connectivity index (χ2v) is 5.09. The van der Waals surface area contributed by atoms with Crippen LogP contribution in [0.15, 0.2) is 12.1 Å². The van der Waals surface area contributed by atoms with Crippen molar-refractivity contribution in [2.45, 2.75) is 33.7 Å². The summed E-state index contributed by atoms with van der Waals surface area (Å²) in [4.78, 5) is 13.0. The molecule has 3 nitrogen and oxygen atoms in total. The summed E-state index contributed by atoms with van der Waals surface area (Å²) in [6.07, 6.45) is 0.553. The van der Waals surface area contributed by atoms with E-state index in [9.17, 15) is 4.79 Å². The number of hydrogen-bond acceptors (Lipinski definition) is 2. The van der Waals surface area contributed by atoms with Gasteiger partial charge in [-0.1, -0.05) is 17.7 Å². The number of aryl methyl sites for hydroxylation is 3. The van der Waals surface area contributed by atoms with Gasteiger partial charge in [0.05, 0.1) is 0 Å². The predicted octanol–water partition coefficient (Wildman–Crippen LogP) is 2.18. The molecule has 0 aliphatic heterocycles. The molecule has 0 unspecified atom stereocenters. The molecular weight excluding hydrogens is 224 g/mol. The third-order valence-electron chi connectivity index (χ3n) is 3.16. The minimum atomic E-state index is 0.167. The molecule has 0 aliphatic rings. The SMILES string of the molecule is Cc1cc(C)c(CNCCC(=O)N(C)C)c(C)c1. The minimum Gasteiger partial charge on any atom is -0.349 e. The highest BCUT2D eigenvalue weighted by Gasteiger charge is 2.05. The molecule has 0 aliphatic carbocycles. The zero-order valence-electron chi connectivity index (χ0n) is 12.1. The van der Waals surface area contributed by atoms with Gasteiger partial charge in [-0.15, -0.1) is 0 Å². The highest BCUT2D eigenvalue weighted by molar-refractivity contribution is 5.75. The van der Waals surface area contributed by atoms with Gasteiger partial charge in [0, 0.05) is 33.6 Å². The summed E-state index contributed by atoms with van der Waals surface area (Å²) in [5.41, 5.74) is 5.28. The first-order chi connectivity index (χ1) is 8.41. The summed E-state index contributed by atoms with van der Waals surface area (Å²) in [6.45, 7) is 7.96. The van der Waals surface area contributed by atoms with Crippen molar-refractivity contribution in [2.75, 3.05) is 20.6 Å². The smallest absolute Gasteiger partial charge is 0.223 e. The highest BCUT2D eigenvalue weighted by Crippen LogP contribution is 2.15. The molecule has 0 bridgehead atoms. The van der Waals surface area contributed by atoms with Crippen molar-refractivity contribution in [3.63, 3.8) is 0 Å². The number of amides is 1. The Kier molecular flexibility index (Phi) is 5.35. The van der Waals surface area contributed by atoms with Crippen molar-refractivity contribution >= 4 is 5.91 Å². The van der Waals surface area contributed by atoms with E-state index in [-0.39, 0.29) is 5.91 Å². The summed E-state index contributed by atoms with van der Waals surface area (Å²) in [5.74, 6) is 0.167. The topological polar surface area (TPSA) is 32.3 Å². The van der Waals surface area contributed by atoms with E-state index in [0.717, 1.165) is 13.1 Å². The second-order valence-electron chi connectivity index (χ2n) is 5.09. The lowest BCUT2D eigenvalue weighted by Gasteiger charge is -2.13. The van der Waals surface area contributed by atoms with E-state index < -0.39 is 0 Å². The lowest BCUT2D eigenvalue weighted by Crippen LogP contribution is -2.26. The Morgan fingerprint density at radius 3 is 2.22 bits per heavy atom. The average Bonchev–Trinajstić information content (AvgIpc) is 2.26. The molecule has 0 aromatic heterocycles. The van der Waals surface area contributed by atoms with Crippen LogP contribution in [0.25, 0.3) is 0 Å². The molecule has 1 amide bonds. The summed E-state index contributed by atoms with van der Waals surface area (Å²) < 4.78 is 0. The molecule has 1 aromatic rings. The average molecular weight is 248 g/mol. The molecule has 1 rings (SSSR count). The first-order valence-electron chi connectivity index (χ1n) is 6.39. The monoisotopic (exact) mass is 248 g/mol. The summed E-state index contributed by atoms with van der Waals surface area (Å²) >= 11 is 0. The number of hydrogen-bond donors (Lipinski definition) is 1. The molecule has 0 heterocycles. The van der Waals surface area contributed by atoms with Crippen LogP contribution in [-0.2, 0) is 11.3 Å². The molecule has 0 spiro atoms. The Morgan fingerprint density at radius 2 is 1.72 bits per heavy atom. The van der Waals surface area contributed by atoms with Gasteiger partial charge in [-0.2, -0.15) is 0 Å². The Labute approximate surface area is 110 Å². The molecule has 1 N–H and O–H groups in total. The Bertz CT molecular complexity index is 401. The number of nitrogens with one attached hydrogen (secondary N) is 1. The van der Waals surface area contributed by atoms with Crippen LogP contribution in [0.2, 0.25) is 0 Å². The van der Waals surface area contributed by atoms with Crippen molar-refractivity contribution in [1.82, 2.24) is 10.2 Å². The van der Waals surface area contributed by atoms with Crippen LogP contribution in [0.4, 0.5) is 0 Å². The number of nitrogens with zero attached hydrogens (tertiary/aromatic N) is 1. The normalized spacial score (nSPS) is 10.5. The van der Waals surface area contributed by atoms with Crippen molar-refractivity contribution in [1.29, 1.82) is 0 Å². The predicted molar refractivity (Wildman–Crippen MR) is 75.7 cm³/mol. The Hall–Kier alpha value is -1.35. The van der Waals surface area contributed by atoms with Crippen molar-refractivity contribution < 1.29 is 4.79 Å². The molecule has 0 fully saturated rings. The number of benzene rings is 1. The minimum absolute atomic E-state index is 0.167. The van der Waals surface area contributed by atoms with Crippen molar-refractivity contribution in [3.8, 4) is 0 Å². The maximum absolute atomic E-state index is 11.4. The van der Waals surface area contributed by atoms with E-state index in [1.54, 1.807) is 19.0 Å². The first kappa shape index (κ1) is 14.7. The van der Waals surface area contributed by atoms with Gasteiger partial charge < -0.3 is 10.2 Å². The van der Waals surface area contributed by atoms with E-state index in [1.807, 2.05) is 0 Å². The van der Waals surface area contributed by atoms with Crippen LogP contribution in [-0.4, -0.2) is 31.4 Å². The van der Waals surface area contributed by atoms with Gasteiger partial charge >= 0.3 is 0 Å². The molecular formula is C15H24N2O. The van der Waals surface area contributed by atoms with Gasteiger partial charge in [-0.25, -0.2) is 0 Å². The summed E-state index contributed by atoms with van der Waals surface area (Å²) in [7, 11) is 3.58. The second kappa shape index (κ2) is 6.55. The number of carbonyl (C=O) groups is 1. The highest BCUT2D eigenvalue weighted by atomic mass is 16.2. The molecule has 100 valence electrons. The van der Waals surface area contributed by atoms with Crippen molar-refractivity contribution in [3.05, 3.63) is 34.4 Å². The van der Waals surface area contributed by atoms with Crippen molar-refractivity contribution in [2.24, 2.45) is 0 Å². The fourth-order valence-electron chi connectivity index (χ4n) is 2.12. The zero-order chi connectivity index (χ0) is 13.7. The maximum Gasteiger partial charge on any atom is 0.223 e. The third kappa shape index (κ3) is 4.15. The van der Waals surface area contributed by atoms with Crippen LogP contribution in [0.3, 0.4) is 0 Å². The molecule has 18 heavy (non-hydrogen) atoms. The van der Waals surface area contributed by atoms with Gasteiger partial charge in [0.15, 0.2) is 0 Å². The Balaban J connectivity index is 2.47. The van der Waals surface area contributed by atoms with Crippen LogP contribution in [0, 0.1) is 20.8 Å². The Morgan fingerprint density at radius 1 is 1.17 bits per heavy atom. The molecule has 0 saturated carbocycles. The van der Waals surface area contributed by atoms with Gasteiger partial charge in [-0.3, -0.25) is 4.79 Å². The van der Waals surface area contributed by atoms with E-state index in [1.165, 1.54) is 22.3 Å². The molecule has 0 saturated heterocycles. The largest absolute Gasteiger partial charge is 0.349 e. The van der Waals surface area contributed by atoms with Gasteiger partial charge in [-0.05, 0) is 37.5 Å². The van der Waals surface area contributed by atoms with E-state index in [4.69, 9.17) is 0 Å². The first-order valence-corrected chi connectivity index (χ1v) is 6.39. The fraction of sp³-hybridized carbons (Fsp3) is 0.533. The molecule has 0 atom stereocenters. The molecule has 3 heteroatoms. The lowest BCUT2D eigenvalue weighted by molar-refractivity contribution is -0.128. The lowest BCUT2D eigenvalue weighted by atomic mass is 10.00. The van der Waals surface area contributed by atoms with E-state index >= 15 is 0 Å². The molecule has 1 aromatic carbocycles. The van der Waals surface area contributed by atoms with Crippen LogP contribution in [0.5, 0.6) is 0 Å². The van der Waals surface area contributed by atoms with E-state index in [0.29, 0.717) is 6.42 Å². The van der Waals surface area contributed by atoms with Gasteiger partial charge in [0.25, 0.3) is 0 Å². The summed E-state index contributed by atoms with van der Waals surface area (Å²) in [5, 5.41) is 3.34. The third-order valence-corrected chi connectivity index (χ3v) is 3.16. The van der Waals surface area contributed by atoms with Gasteiger partial charge in [0.1, 0.15) is 0 Å². The maximum atomic E-state index is 11.4. The van der Waals surface area contributed by atoms with Gasteiger partial charge in [0.2, 0.25) is 5.91 Å². The van der Waals surface area contributed by atoms with Crippen LogP contribution in [0.1, 0.15) is 28.7 Å². The standard InChI is InChI=1S/C15H24N2O/c1-11-8-12(2)14(13(3)9-11)10-16-7-6-15(18)17(4)5/h8-9,16H,6-7,10H2,1-5H3. The zero-order valence-corrected chi connectivity index (χ0v) is 12.1. The summed E-state index contributed by atoms with van der Waals surface area (Å²) in [6, 6.07) is 4.41. The number of carbonyl (C=O) groups excluding carboxylic acids is 1.